The van der Waals surface area contributed by atoms with Crippen LogP contribution in [0.15, 0.2) is 24.3 Å². The minimum Gasteiger partial charge on any atom is -0.484 e. The molecule has 0 aliphatic carbocycles. The molecular formula is C19H29N3O3. The number of likely N-dealkylation sites (tertiary alicyclic amines) is 1. The molecule has 0 bridgehead atoms. The topological polar surface area (TPSA) is 70.7 Å². The van der Waals surface area contributed by atoms with Crippen LogP contribution in [0.25, 0.3) is 0 Å². The lowest BCUT2D eigenvalue weighted by Crippen LogP contribution is -2.49. The Morgan fingerprint density at radius 3 is 2.36 bits per heavy atom. The highest BCUT2D eigenvalue weighted by molar-refractivity contribution is 5.94. The molecule has 2 atom stereocenters. The molecule has 1 heterocycles. The summed E-state index contributed by atoms with van der Waals surface area (Å²) in [4.78, 5) is 26.3. The summed E-state index contributed by atoms with van der Waals surface area (Å²) in [6, 6.07) is 7.40. The van der Waals surface area contributed by atoms with Gasteiger partial charge in [-0.25, -0.2) is 0 Å². The third kappa shape index (κ3) is 5.46. The lowest BCUT2D eigenvalue weighted by Gasteiger charge is -2.38. The van der Waals surface area contributed by atoms with Gasteiger partial charge in [-0.1, -0.05) is 0 Å². The van der Waals surface area contributed by atoms with Crippen LogP contribution < -0.4 is 15.4 Å². The molecule has 1 fully saturated rings. The largest absolute Gasteiger partial charge is 0.484 e. The van der Waals surface area contributed by atoms with Crippen LogP contribution in [-0.4, -0.2) is 55.5 Å². The van der Waals surface area contributed by atoms with Gasteiger partial charge in [0, 0.05) is 30.7 Å². The number of nitrogens with zero attached hydrogens (tertiary/aromatic N) is 1. The normalized spacial score (nSPS) is 20.2. The number of carbonyl (C=O) groups is 2. The zero-order valence-corrected chi connectivity index (χ0v) is 15.4. The van der Waals surface area contributed by atoms with Gasteiger partial charge in [0.25, 0.3) is 11.8 Å². The fourth-order valence-corrected chi connectivity index (χ4v) is 3.24. The van der Waals surface area contributed by atoms with E-state index in [2.05, 4.69) is 24.5 Å². The Bertz CT molecular complexity index is 564. The van der Waals surface area contributed by atoms with E-state index in [9.17, 15) is 9.59 Å². The van der Waals surface area contributed by atoms with E-state index in [0.717, 1.165) is 19.4 Å². The monoisotopic (exact) mass is 347 g/mol. The Morgan fingerprint density at radius 1 is 1.12 bits per heavy atom. The summed E-state index contributed by atoms with van der Waals surface area (Å²) in [6.07, 6.45) is 3.27. The van der Waals surface area contributed by atoms with Gasteiger partial charge in [-0.05, 0) is 64.4 Å². The molecule has 0 saturated carbocycles. The first-order chi connectivity index (χ1) is 12.0. The summed E-state index contributed by atoms with van der Waals surface area (Å²) >= 11 is 0. The van der Waals surface area contributed by atoms with E-state index in [1.807, 2.05) is 11.9 Å². The number of piperidine rings is 1. The van der Waals surface area contributed by atoms with Crippen molar-refractivity contribution in [3.05, 3.63) is 29.8 Å². The molecule has 2 unspecified atom stereocenters. The predicted molar refractivity (Wildman–Crippen MR) is 97.8 cm³/mol. The highest BCUT2D eigenvalue weighted by Crippen LogP contribution is 2.22. The maximum Gasteiger partial charge on any atom is 0.260 e. The first-order valence-electron chi connectivity index (χ1n) is 8.99. The SMILES string of the molecule is CNCCNC(=O)c1ccc(OCC(=O)N2C(C)CCCC2C)cc1. The summed E-state index contributed by atoms with van der Waals surface area (Å²) in [5.74, 6) is 0.500. The molecule has 0 spiro atoms. The highest BCUT2D eigenvalue weighted by atomic mass is 16.5. The molecule has 2 rings (SSSR count). The second-order valence-corrected chi connectivity index (χ2v) is 6.60. The molecule has 6 heteroatoms. The molecular weight excluding hydrogens is 318 g/mol. The van der Waals surface area contributed by atoms with Crippen molar-refractivity contribution in [1.82, 2.24) is 15.5 Å². The summed E-state index contributed by atoms with van der Waals surface area (Å²) < 4.78 is 5.62. The third-order valence-corrected chi connectivity index (χ3v) is 4.62. The molecule has 1 aliphatic heterocycles. The molecule has 1 aromatic rings. The van der Waals surface area contributed by atoms with E-state index >= 15 is 0 Å². The molecule has 0 radical (unpaired) electrons. The van der Waals surface area contributed by atoms with Crippen LogP contribution in [0.1, 0.15) is 43.5 Å². The van der Waals surface area contributed by atoms with Gasteiger partial charge in [0.1, 0.15) is 5.75 Å². The fourth-order valence-electron chi connectivity index (χ4n) is 3.24. The van der Waals surface area contributed by atoms with Crippen LogP contribution in [0, 0.1) is 0 Å². The van der Waals surface area contributed by atoms with Crippen molar-refractivity contribution in [3.63, 3.8) is 0 Å². The molecule has 6 nitrogen and oxygen atoms in total. The van der Waals surface area contributed by atoms with Gasteiger partial charge in [0.05, 0.1) is 0 Å². The number of likely N-dealkylation sites (N-methyl/N-ethyl adjacent to an activating group) is 1. The van der Waals surface area contributed by atoms with Gasteiger partial charge >= 0.3 is 0 Å². The minimum absolute atomic E-state index is 0.0218. The number of carbonyl (C=O) groups excluding carboxylic acids is 2. The molecule has 1 aromatic carbocycles. The lowest BCUT2D eigenvalue weighted by molar-refractivity contribution is -0.139. The Morgan fingerprint density at radius 2 is 1.76 bits per heavy atom. The standard InChI is InChI=1S/C19H29N3O3/c1-14-5-4-6-15(2)22(14)18(23)13-25-17-9-7-16(8-10-17)19(24)21-12-11-20-3/h7-10,14-15,20H,4-6,11-13H2,1-3H3,(H,21,24). The van der Waals surface area contributed by atoms with Crippen LogP contribution in [-0.2, 0) is 4.79 Å². The zero-order chi connectivity index (χ0) is 18.2. The van der Waals surface area contributed by atoms with Crippen molar-refractivity contribution < 1.29 is 14.3 Å². The highest BCUT2D eigenvalue weighted by Gasteiger charge is 2.28. The molecule has 2 N–H and O–H groups in total. The molecule has 25 heavy (non-hydrogen) atoms. The van der Waals surface area contributed by atoms with Crippen molar-refractivity contribution >= 4 is 11.8 Å². The van der Waals surface area contributed by atoms with Crippen molar-refractivity contribution in [2.24, 2.45) is 0 Å². The van der Waals surface area contributed by atoms with E-state index in [1.165, 1.54) is 6.42 Å². The van der Waals surface area contributed by atoms with Gasteiger partial charge in [0.15, 0.2) is 6.61 Å². The van der Waals surface area contributed by atoms with Crippen LogP contribution in [0.5, 0.6) is 5.75 Å². The second-order valence-electron chi connectivity index (χ2n) is 6.60. The Hall–Kier alpha value is -2.08. The van der Waals surface area contributed by atoms with Crippen LogP contribution in [0.3, 0.4) is 0 Å². The summed E-state index contributed by atoms with van der Waals surface area (Å²) in [6.45, 7) is 5.52. The fraction of sp³-hybridized carbons (Fsp3) is 0.579. The Kier molecular flexibility index (Phi) is 7.25. The van der Waals surface area contributed by atoms with Crippen molar-refractivity contribution in [2.75, 3.05) is 26.7 Å². The maximum atomic E-state index is 12.4. The first-order valence-corrected chi connectivity index (χ1v) is 8.99. The van der Waals surface area contributed by atoms with E-state index in [-0.39, 0.29) is 30.5 Å². The summed E-state index contributed by atoms with van der Waals surface area (Å²) in [7, 11) is 1.84. The van der Waals surface area contributed by atoms with Gasteiger partial charge in [-0.3, -0.25) is 9.59 Å². The Labute approximate surface area is 149 Å². The number of hydrogen-bond acceptors (Lipinski definition) is 4. The van der Waals surface area contributed by atoms with E-state index in [0.29, 0.717) is 17.9 Å². The van der Waals surface area contributed by atoms with Gasteiger partial charge in [-0.15, -0.1) is 0 Å². The van der Waals surface area contributed by atoms with Gasteiger partial charge < -0.3 is 20.3 Å². The molecule has 2 amide bonds. The lowest BCUT2D eigenvalue weighted by atomic mass is 9.97. The van der Waals surface area contributed by atoms with E-state index in [4.69, 9.17) is 4.74 Å². The molecule has 1 aliphatic rings. The second kappa shape index (κ2) is 9.42. The van der Waals surface area contributed by atoms with Gasteiger partial charge in [-0.2, -0.15) is 0 Å². The number of hydrogen-bond donors (Lipinski definition) is 2. The summed E-state index contributed by atoms with van der Waals surface area (Å²) in [5.41, 5.74) is 0.577. The predicted octanol–water partition coefficient (Wildman–Crippen LogP) is 1.80. The maximum absolute atomic E-state index is 12.4. The number of rotatable bonds is 7. The number of amides is 2. The molecule has 138 valence electrons. The zero-order valence-electron chi connectivity index (χ0n) is 15.4. The quantitative estimate of drug-likeness (QED) is 0.738. The number of nitrogens with one attached hydrogen (secondary N) is 2. The first kappa shape index (κ1) is 19.2. The third-order valence-electron chi connectivity index (χ3n) is 4.62. The minimum atomic E-state index is -0.117. The van der Waals surface area contributed by atoms with Crippen molar-refractivity contribution in [2.45, 2.75) is 45.2 Å². The van der Waals surface area contributed by atoms with Crippen LogP contribution in [0.4, 0.5) is 0 Å². The average molecular weight is 347 g/mol. The number of benzene rings is 1. The molecule has 0 aromatic heterocycles. The van der Waals surface area contributed by atoms with Crippen molar-refractivity contribution in [1.29, 1.82) is 0 Å². The average Bonchev–Trinajstić information content (AvgIpc) is 2.60. The van der Waals surface area contributed by atoms with Gasteiger partial charge in [0.2, 0.25) is 0 Å². The smallest absolute Gasteiger partial charge is 0.260 e. The Balaban J connectivity index is 1.84. The van der Waals surface area contributed by atoms with Crippen molar-refractivity contribution in [3.8, 4) is 5.75 Å². The molecule has 1 saturated heterocycles. The van der Waals surface area contributed by atoms with E-state index in [1.54, 1.807) is 24.3 Å². The van der Waals surface area contributed by atoms with Crippen LogP contribution >= 0.6 is 0 Å². The number of ether oxygens (including phenoxy) is 1. The van der Waals surface area contributed by atoms with E-state index < -0.39 is 0 Å². The summed E-state index contributed by atoms with van der Waals surface area (Å²) in [5, 5.41) is 5.79. The van der Waals surface area contributed by atoms with Crippen LogP contribution in [0.2, 0.25) is 0 Å².